The van der Waals surface area contributed by atoms with Crippen molar-refractivity contribution < 1.29 is 14.3 Å². The Hall–Kier alpha value is -2.49. The highest BCUT2D eigenvalue weighted by molar-refractivity contribution is 6.31. The van der Waals surface area contributed by atoms with Gasteiger partial charge in [-0.3, -0.25) is 14.6 Å². The zero-order valence-electron chi connectivity index (χ0n) is 15.2. The molecule has 0 saturated carbocycles. The van der Waals surface area contributed by atoms with Gasteiger partial charge in [-0.2, -0.15) is 0 Å². The predicted molar refractivity (Wildman–Crippen MR) is 106 cm³/mol. The number of aliphatic carboxylic acids is 1. The van der Waals surface area contributed by atoms with E-state index in [9.17, 15) is 9.18 Å². The van der Waals surface area contributed by atoms with Crippen LogP contribution < -0.4 is 10.6 Å². The van der Waals surface area contributed by atoms with Gasteiger partial charge < -0.3 is 15.7 Å². The first-order chi connectivity index (χ1) is 13.5. The van der Waals surface area contributed by atoms with Gasteiger partial charge in [0, 0.05) is 51.0 Å². The number of carboxylic acid groups (broad SMARTS) is 1. The van der Waals surface area contributed by atoms with Crippen molar-refractivity contribution in [2.24, 2.45) is 0 Å². The Labute approximate surface area is 167 Å². The van der Waals surface area contributed by atoms with Gasteiger partial charge in [-0.25, -0.2) is 14.4 Å². The number of nitrogens with zero attached hydrogens (tertiary/aromatic N) is 4. The lowest BCUT2D eigenvalue weighted by Crippen LogP contribution is -2.48. The van der Waals surface area contributed by atoms with Crippen LogP contribution in [0.1, 0.15) is 0 Å². The van der Waals surface area contributed by atoms with E-state index in [4.69, 9.17) is 16.7 Å². The molecule has 10 heteroatoms. The Morgan fingerprint density at radius 1 is 1.14 bits per heavy atom. The summed E-state index contributed by atoms with van der Waals surface area (Å²) in [6, 6.07) is 6.14. The molecule has 1 aliphatic rings. The van der Waals surface area contributed by atoms with Gasteiger partial charge in [-0.1, -0.05) is 11.6 Å². The van der Waals surface area contributed by atoms with Gasteiger partial charge in [-0.05, 0) is 18.2 Å². The van der Waals surface area contributed by atoms with Crippen LogP contribution in [0.4, 0.5) is 21.7 Å². The molecule has 0 amide bonds. The van der Waals surface area contributed by atoms with E-state index in [0.717, 1.165) is 32.7 Å². The van der Waals surface area contributed by atoms with Crippen LogP contribution in [0.25, 0.3) is 0 Å². The summed E-state index contributed by atoms with van der Waals surface area (Å²) in [5, 5.41) is 15.2. The fourth-order valence-electron chi connectivity index (χ4n) is 2.95. The summed E-state index contributed by atoms with van der Waals surface area (Å²) in [5.74, 6) is -0.00932. The van der Waals surface area contributed by atoms with Crippen molar-refractivity contribution in [2.45, 2.75) is 0 Å². The van der Waals surface area contributed by atoms with Crippen LogP contribution in [0.15, 0.2) is 30.6 Å². The number of rotatable bonds is 8. The molecule has 2 heterocycles. The largest absolute Gasteiger partial charge is 0.480 e. The Morgan fingerprint density at radius 2 is 1.86 bits per heavy atom. The Bertz CT molecular complexity index is 816. The molecule has 1 fully saturated rings. The molecule has 1 aromatic carbocycles. The minimum Gasteiger partial charge on any atom is -0.480 e. The number of aromatic nitrogens is 2. The predicted octanol–water partition coefficient (Wildman–Crippen LogP) is 2.13. The van der Waals surface area contributed by atoms with Crippen LogP contribution in [0.3, 0.4) is 0 Å². The monoisotopic (exact) mass is 408 g/mol. The van der Waals surface area contributed by atoms with Crippen LogP contribution in [0.2, 0.25) is 5.02 Å². The molecule has 0 bridgehead atoms. The number of carboxylic acids is 1. The zero-order valence-corrected chi connectivity index (χ0v) is 16.0. The number of anilines is 3. The number of hydrogen-bond acceptors (Lipinski definition) is 7. The highest BCUT2D eigenvalue weighted by atomic mass is 35.5. The van der Waals surface area contributed by atoms with E-state index in [1.54, 1.807) is 12.1 Å². The van der Waals surface area contributed by atoms with Crippen molar-refractivity contribution in [2.75, 3.05) is 56.4 Å². The van der Waals surface area contributed by atoms with E-state index in [1.165, 1.54) is 18.5 Å². The first kappa shape index (κ1) is 20.2. The summed E-state index contributed by atoms with van der Waals surface area (Å²) < 4.78 is 13.2. The van der Waals surface area contributed by atoms with E-state index in [-0.39, 0.29) is 11.6 Å². The molecule has 150 valence electrons. The fourth-order valence-corrected chi connectivity index (χ4v) is 3.13. The zero-order chi connectivity index (χ0) is 19.9. The molecule has 3 rings (SSSR count). The highest BCUT2D eigenvalue weighted by Crippen LogP contribution is 2.22. The molecule has 2 aromatic rings. The topological polar surface area (TPSA) is 93.6 Å². The van der Waals surface area contributed by atoms with Gasteiger partial charge in [0.05, 0.1) is 11.6 Å². The van der Waals surface area contributed by atoms with Gasteiger partial charge in [0.25, 0.3) is 0 Å². The van der Waals surface area contributed by atoms with E-state index < -0.39 is 11.8 Å². The minimum absolute atomic E-state index is 0.0425. The molecule has 0 radical (unpaired) electrons. The lowest BCUT2D eigenvalue weighted by molar-refractivity contribution is -0.138. The average molecular weight is 409 g/mol. The molecular weight excluding hydrogens is 387 g/mol. The maximum absolute atomic E-state index is 13.2. The molecule has 3 N–H and O–H groups in total. The van der Waals surface area contributed by atoms with Crippen molar-refractivity contribution >= 4 is 34.9 Å². The molecular formula is C18H22ClFN6O2. The smallest absolute Gasteiger partial charge is 0.317 e. The molecule has 1 aromatic heterocycles. The molecule has 0 aliphatic carbocycles. The number of halogens is 2. The Kier molecular flexibility index (Phi) is 6.96. The van der Waals surface area contributed by atoms with Crippen LogP contribution in [-0.2, 0) is 4.79 Å². The van der Waals surface area contributed by atoms with Crippen molar-refractivity contribution in [3.05, 3.63) is 41.4 Å². The van der Waals surface area contributed by atoms with Crippen LogP contribution in [0, 0.1) is 5.82 Å². The average Bonchev–Trinajstić information content (AvgIpc) is 2.66. The summed E-state index contributed by atoms with van der Waals surface area (Å²) >= 11 is 5.79. The second kappa shape index (κ2) is 9.63. The summed E-state index contributed by atoms with van der Waals surface area (Å²) in [7, 11) is 0. The summed E-state index contributed by atoms with van der Waals surface area (Å²) in [4.78, 5) is 23.3. The number of nitrogens with one attached hydrogen (secondary N) is 2. The van der Waals surface area contributed by atoms with E-state index >= 15 is 0 Å². The van der Waals surface area contributed by atoms with Gasteiger partial charge in [0.1, 0.15) is 23.8 Å². The summed E-state index contributed by atoms with van der Waals surface area (Å²) in [6.07, 6.45) is 1.44. The van der Waals surface area contributed by atoms with E-state index in [0.29, 0.717) is 23.9 Å². The molecule has 8 nitrogen and oxygen atoms in total. The first-order valence-electron chi connectivity index (χ1n) is 8.94. The number of benzene rings is 1. The molecule has 1 aliphatic heterocycles. The Morgan fingerprint density at radius 3 is 2.57 bits per heavy atom. The molecule has 0 spiro atoms. The normalized spacial score (nSPS) is 15.4. The lowest BCUT2D eigenvalue weighted by Gasteiger charge is -2.33. The van der Waals surface area contributed by atoms with Crippen LogP contribution in [-0.4, -0.2) is 76.7 Å². The fraction of sp³-hybridized carbons (Fsp3) is 0.389. The number of piperazine rings is 1. The summed E-state index contributed by atoms with van der Waals surface area (Å²) in [6.45, 7) is 4.84. The molecule has 28 heavy (non-hydrogen) atoms. The van der Waals surface area contributed by atoms with E-state index in [1.807, 2.05) is 4.90 Å². The standard InChI is InChI=1S/C18H22ClFN6O2/c19-14-9-13(1-2-15(14)20)24-17-10-16(22-12-23-17)21-3-4-25-5-7-26(8-6-25)11-18(27)28/h1-2,9-10,12H,3-8,11H2,(H,27,28)(H2,21,22,23,24). The third-order valence-electron chi connectivity index (χ3n) is 4.42. The van der Waals surface area contributed by atoms with Crippen molar-refractivity contribution in [3.8, 4) is 0 Å². The third kappa shape index (κ3) is 6.01. The second-order valence-electron chi connectivity index (χ2n) is 6.48. The van der Waals surface area contributed by atoms with E-state index in [2.05, 4.69) is 25.5 Å². The van der Waals surface area contributed by atoms with Crippen molar-refractivity contribution in [1.29, 1.82) is 0 Å². The molecule has 0 atom stereocenters. The molecule has 0 unspecified atom stereocenters. The van der Waals surface area contributed by atoms with Crippen LogP contribution in [0.5, 0.6) is 0 Å². The number of carbonyl (C=O) groups is 1. The Balaban J connectivity index is 1.45. The van der Waals surface area contributed by atoms with Gasteiger partial charge in [0.2, 0.25) is 0 Å². The van der Waals surface area contributed by atoms with Crippen LogP contribution >= 0.6 is 11.6 Å². The maximum Gasteiger partial charge on any atom is 0.317 e. The maximum atomic E-state index is 13.2. The van der Waals surface area contributed by atoms with Crippen molar-refractivity contribution in [3.63, 3.8) is 0 Å². The van der Waals surface area contributed by atoms with Gasteiger partial charge in [0.15, 0.2) is 0 Å². The van der Waals surface area contributed by atoms with Gasteiger partial charge in [-0.15, -0.1) is 0 Å². The third-order valence-corrected chi connectivity index (χ3v) is 4.71. The lowest BCUT2D eigenvalue weighted by atomic mass is 10.3. The second-order valence-corrected chi connectivity index (χ2v) is 6.89. The van der Waals surface area contributed by atoms with Crippen molar-refractivity contribution in [1.82, 2.24) is 19.8 Å². The first-order valence-corrected chi connectivity index (χ1v) is 9.32. The highest BCUT2D eigenvalue weighted by Gasteiger charge is 2.18. The molecule has 1 saturated heterocycles. The minimum atomic E-state index is -0.786. The quantitative estimate of drug-likeness (QED) is 0.611. The number of hydrogen-bond donors (Lipinski definition) is 3. The SMILES string of the molecule is O=C(O)CN1CCN(CCNc2cc(Nc3ccc(F)c(Cl)c3)ncn2)CC1. The van der Waals surface area contributed by atoms with Gasteiger partial charge >= 0.3 is 5.97 Å². The summed E-state index contributed by atoms with van der Waals surface area (Å²) in [5.41, 5.74) is 0.635.